The molecule has 1 saturated carbocycles. The molecular weight excluding hydrogens is 164 g/mol. The van der Waals surface area contributed by atoms with Gasteiger partial charge in [-0.05, 0) is 30.4 Å². The molecule has 0 bridgehead atoms. The first-order chi connectivity index (χ1) is 6.27. The molecule has 13 heavy (non-hydrogen) atoms. The monoisotopic (exact) mass is 178 g/mol. The summed E-state index contributed by atoms with van der Waals surface area (Å²) in [5, 5.41) is 9.68. The highest BCUT2D eigenvalue weighted by Gasteiger charge is 2.29. The first-order valence-electron chi connectivity index (χ1n) is 4.65. The highest BCUT2D eigenvalue weighted by molar-refractivity contribution is 5.38. The molecule has 0 aromatic carbocycles. The minimum absolute atomic E-state index is 0.230. The molecule has 1 aliphatic carbocycles. The van der Waals surface area contributed by atoms with Crippen molar-refractivity contribution >= 4 is 5.82 Å². The zero-order valence-corrected chi connectivity index (χ0v) is 7.48. The molecule has 0 radical (unpaired) electrons. The number of hydrogen-bond acceptors (Lipinski definition) is 3. The molecule has 0 amide bonds. The van der Waals surface area contributed by atoms with Crippen molar-refractivity contribution in [2.75, 3.05) is 5.73 Å². The second-order valence-electron chi connectivity index (χ2n) is 3.66. The topological polar surface area (TPSA) is 59.1 Å². The number of aromatic nitrogens is 1. The SMILES string of the molecule is Nc1ncccc1CC(O)C1CC1. The summed E-state index contributed by atoms with van der Waals surface area (Å²) in [6, 6.07) is 3.78. The number of pyridine rings is 1. The van der Waals surface area contributed by atoms with Gasteiger partial charge >= 0.3 is 0 Å². The summed E-state index contributed by atoms with van der Waals surface area (Å²) < 4.78 is 0. The fourth-order valence-corrected chi connectivity index (χ4v) is 1.50. The minimum Gasteiger partial charge on any atom is -0.392 e. The van der Waals surface area contributed by atoms with E-state index in [4.69, 9.17) is 5.73 Å². The lowest BCUT2D eigenvalue weighted by molar-refractivity contribution is 0.152. The van der Waals surface area contributed by atoms with E-state index in [1.807, 2.05) is 12.1 Å². The van der Waals surface area contributed by atoms with E-state index in [9.17, 15) is 5.11 Å². The molecule has 1 atom stereocenters. The maximum Gasteiger partial charge on any atom is 0.126 e. The van der Waals surface area contributed by atoms with Gasteiger partial charge in [0.2, 0.25) is 0 Å². The van der Waals surface area contributed by atoms with Gasteiger partial charge in [0.25, 0.3) is 0 Å². The summed E-state index contributed by atoms with van der Waals surface area (Å²) in [6.45, 7) is 0. The Kier molecular flexibility index (Phi) is 2.19. The van der Waals surface area contributed by atoms with Gasteiger partial charge in [0.15, 0.2) is 0 Å². The molecule has 3 N–H and O–H groups in total. The summed E-state index contributed by atoms with van der Waals surface area (Å²) in [5.74, 6) is 1.04. The number of nitrogen functional groups attached to an aromatic ring is 1. The average molecular weight is 178 g/mol. The van der Waals surface area contributed by atoms with Crippen LogP contribution in [0.4, 0.5) is 5.82 Å². The number of aliphatic hydroxyl groups excluding tert-OH is 1. The second kappa shape index (κ2) is 3.34. The zero-order valence-electron chi connectivity index (χ0n) is 7.48. The third-order valence-electron chi connectivity index (χ3n) is 2.52. The van der Waals surface area contributed by atoms with E-state index in [1.54, 1.807) is 6.20 Å². The smallest absolute Gasteiger partial charge is 0.126 e. The van der Waals surface area contributed by atoms with Gasteiger partial charge in [-0.2, -0.15) is 0 Å². The van der Waals surface area contributed by atoms with Crippen molar-refractivity contribution in [2.45, 2.75) is 25.4 Å². The minimum atomic E-state index is -0.230. The number of nitrogens with zero attached hydrogens (tertiary/aromatic N) is 1. The highest BCUT2D eigenvalue weighted by Crippen LogP contribution is 2.34. The van der Waals surface area contributed by atoms with Crippen molar-refractivity contribution in [1.29, 1.82) is 0 Å². The molecule has 70 valence electrons. The predicted molar refractivity (Wildman–Crippen MR) is 51.1 cm³/mol. The van der Waals surface area contributed by atoms with Crippen LogP contribution >= 0.6 is 0 Å². The number of anilines is 1. The van der Waals surface area contributed by atoms with E-state index < -0.39 is 0 Å². The van der Waals surface area contributed by atoms with E-state index >= 15 is 0 Å². The van der Waals surface area contributed by atoms with Crippen molar-refractivity contribution in [1.82, 2.24) is 4.98 Å². The summed E-state index contributed by atoms with van der Waals surface area (Å²) in [4.78, 5) is 3.98. The molecule has 1 heterocycles. The number of hydrogen-bond donors (Lipinski definition) is 2. The Morgan fingerprint density at radius 1 is 1.62 bits per heavy atom. The van der Waals surface area contributed by atoms with Crippen molar-refractivity contribution in [3.63, 3.8) is 0 Å². The van der Waals surface area contributed by atoms with Crippen LogP contribution in [0.1, 0.15) is 18.4 Å². The standard InChI is InChI=1S/C10H14N2O/c11-10-8(2-1-5-12-10)6-9(13)7-3-4-7/h1-2,5,7,9,13H,3-4,6H2,(H2,11,12). The Morgan fingerprint density at radius 2 is 2.38 bits per heavy atom. The Morgan fingerprint density at radius 3 is 3.00 bits per heavy atom. The molecule has 2 rings (SSSR count). The van der Waals surface area contributed by atoms with Crippen LogP contribution in [-0.2, 0) is 6.42 Å². The van der Waals surface area contributed by atoms with Gasteiger partial charge in [-0.15, -0.1) is 0 Å². The van der Waals surface area contributed by atoms with Gasteiger partial charge in [-0.1, -0.05) is 6.07 Å². The van der Waals surface area contributed by atoms with E-state index in [0.29, 0.717) is 18.2 Å². The second-order valence-corrected chi connectivity index (χ2v) is 3.66. The fourth-order valence-electron chi connectivity index (χ4n) is 1.50. The Balaban J connectivity index is 2.03. The van der Waals surface area contributed by atoms with Crippen LogP contribution in [0, 0.1) is 5.92 Å². The summed E-state index contributed by atoms with van der Waals surface area (Å²) in [7, 11) is 0. The molecule has 3 nitrogen and oxygen atoms in total. The third kappa shape index (κ3) is 1.98. The maximum absolute atomic E-state index is 9.68. The van der Waals surface area contributed by atoms with Crippen LogP contribution in [0.3, 0.4) is 0 Å². The normalized spacial score (nSPS) is 18.5. The fraction of sp³-hybridized carbons (Fsp3) is 0.500. The maximum atomic E-state index is 9.68. The largest absolute Gasteiger partial charge is 0.392 e. The van der Waals surface area contributed by atoms with Crippen LogP contribution < -0.4 is 5.73 Å². The van der Waals surface area contributed by atoms with Gasteiger partial charge in [0, 0.05) is 12.6 Å². The van der Waals surface area contributed by atoms with Crippen molar-refractivity contribution in [3.05, 3.63) is 23.9 Å². The Labute approximate surface area is 77.6 Å². The first kappa shape index (κ1) is 8.51. The van der Waals surface area contributed by atoms with Crippen molar-refractivity contribution in [2.24, 2.45) is 5.92 Å². The molecule has 1 aromatic rings. The van der Waals surface area contributed by atoms with Crippen molar-refractivity contribution < 1.29 is 5.11 Å². The van der Waals surface area contributed by atoms with Gasteiger partial charge in [-0.25, -0.2) is 4.98 Å². The molecule has 0 saturated heterocycles. The van der Waals surface area contributed by atoms with Crippen LogP contribution in [0.25, 0.3) is 0 Å². The molecule has 1 aliphatic rings. The lowest BCUT2D eigenvalue weighted by Crippen LogP contribution is -2.14. The summed E-state index contributed by atoms with van der Waals surface area (Å²) in [6.07, 6.45) is 4.39. The molecule has 1 fully saturated rings. The lowest BCUT2D eigenvalue weighted by Gasteiger charge is -2.09. The van der Waals surface area contributed by atoms with Gasteiger partial charge in [0.1, 0.15) is 5.82 Å². The van der Waals surface area contributed by atoms with Gasteiger partial charge < -0.3 is 10.8 Å². The summed E-state index contributed by atoms with van der Waals surface area (Å²) >= 11 is 0. The number of rotatable bonds is 3. The van der Waals surface area contributed by atoms with Crippen LogP contribution in [0.5, 0.6) is 0 Å². The number of nitrogens with two attached hydrogens (primary N) is 1. The van der Waals surface area contributed by atoms with E-state index in [1.165, 1.54) is 0 Å². The Hall–Kier alpha value is -1.09. The molecular formula is C10H14N2O. The van der Waals surface area contributed by atoms with E-state index in [-0.39, 0.29) is 6.10 Å². The predicted octanol–water partition coefficient (Wildman–Crippen LogP) is 0.977. The van der Waals surface area contributed by atoms with Gasteiger partial charge in [-0.3, -0.25) is 0 Å². The third-order valence-corrected chi connectivity index (χ3v) is 2.52. The number of aliphatic hydroxyl groups is 1. The Bertz CT molecular complexity index is 297. The van der Waals surface area contributed by atoms with Crippen LogP contribution in [-0.4, -0.2) is 16.2 Å². The summed E-state index contributed by atoms with van der Waals surface area (Å²) in [5.41, 5.74) is 6.63. The highest BCUT2D eigenvalue weighted by atomic mass is 16.3. The quantitative estimate of drug-likeness (QED) is 0.725. The first-order valence-corrected chi connectivity index (χ1v) is 4.65. The van der Waals surface area contributed by atoms with Crippen molar-refractivity contribution in [3.8, 4) is 0 Å². The molecule has 1 aromatic heterocycles. The van der Waals surface area contributed by atoms with E-state index in [2.05, 4.69) is 4.98 Å². The van der Waals surface area contributed by atoms with Crippen LogP contribution in [0.2, 0.25) is 0 Å². The average Bonchev–Trinajstić information content (AvgIpc) is 2.91. The molecule has 1 unspecified atom stereocenters. The van der Waals surface area contributed by atoms with E-state index in [0.717, 1.165) is 18.4 Å². The zero-order chi connectivity index (χ0) is 9.26. The molecule has 0 spiro atoms. The lowest BCUT2D eigenvalue weighted by atomic mass is 10.1. The molecule has 3 heteroatoms. The molecule has 0 aliphatic heterocycles. The van der Waals surface area contributed by atoms with Gasteiger partial charge in [0.05, 0.1) is 6.10 Å². The van der Waals surface area contributed by atoms with Crippen LogP contribution in [0.15, 0.2) is 18.3 Å².